The summed E-state index contributed by atoms with van der Waals surface area (Å²) in [6, 6.07) is 11.6. The first kappa shape index (κ1) is 13.0. The number of benzene rings is 1. The molecule has 0 aliphatic carbocycles. The Morgan fingerprint density at radius 1 is 1.44 bits per heavy atom. The second-order valence-electron chi connectivity index (χ2n) is 3.85. The molecular formula is C12H12N4S2. The molecule has 0 aliphatic heterocycles. The zero-order valence-corrected chi connectivity index (χ0v) is 11.5. The van der Waals surface area contributed by atoms with E-state index in [2.05, 4.69) is 15.4 Å². The van der Waals surface area contributed by atoms with Crippen LogP contribution in [-0.2, 0) is 5.54 Å². The number of nitriles is 1. The van der Waals surface area contributed by atoms with Crippen molar-refractivity contribution in [3.8, 4) is 6.07 Å². The van der Waals surface area contributed by atoms with Gasteiger partial charge in [-0.1, -0.05) is 42.1 Å². The molecule has 0 aliphatic rings. The van der Waals surface area contributed by atoms with Crippen molar-refractivity contribution in [3.05, 3.63) is 41.7 Å². The van der Waals surface area contributed by atoms with Crippen LogP contribution in [0.15, 0.2) is 34.7 Å². The van der Waals surface area contributed by atoms with Crippen LogP contribution in [0.5, 0.6) is 0 Å². The predicted molar refractivity (Wildman–Crippen MR) is 73.3 cm³/mol. The number of nitrogens with zero attached hydrogens (tertiary/aromatic N) is 3. The first-order valence-corrected chi connectivity index (χ1v) is 7.09. The van der Waals surface area contributed by atoms with Gasteiger partial charge in [-0.2, -0.15) is 9.64 Å². The highest BCUT2D eigenvalue weighted by molar-refractivity contribution is 8.01. The molecule has 0 amide bonds. The minimum absolute atomic E-state index is 0.460. The van der Waals surface area contributed by atoms with E-state index in [4.69, 9.17) is 5.73 Å². The lowest BCUT2D eigenvalue weighted by Gasteiger charge is -2.20. The van der Waals surface area contributed by atoms with Crippen LogP contribution in [0.25, 0.3) is 0 Å². The summed E-state index contributed by atoms with van der Waals surface area (Å²) in [5, 5.41) is 9.30. The Kier molecular flexibility index (Phi) is 3.97. The highest BCUT2D eigenvalue weighted by Gasteiger charge is 2.27. The van der Waals surface area contributed by atoms with Crippen molar-refractivity contribution < 1.29 is 0 Å². The highest BCUT2D eigenvalue weighted by Crippen LogP contribution is 2.28. The smallest absolute Gasteiger partial charge is 0.170 e. The van der Waals surface area contributed by atoms with E-state index in [1.807, 2.05) is 37.3 Å². The topological polar surface area (TPSA) is 75.6 Å². The maximum atomic E-state index is 9.30. The van der Waals surface area contributed by atoms with E-state index in [1.54, 1.807) is 0 Å². The lowest BCUT2D eigenvalue weighted by molar-refractivity contribution is 0.659. The Balaban J connectivity index is 2.12. The van der Waals surface area contributed by atoms with E-state index in [-0.39, 0.29) is 0 Å². The van der Waals surface area contributed by atoms with Crippen LogP contribution >= 0.6 is 23.3 Å². The third-order valence-corrected chi connectivity index (χ3v) is 4.54. The van der Waals surface area contributed by atoms with Crippen LogP contribution < -0.4 is 5.73 Å². The average Bonchev–Trinajstić information content (AvgIpc) is 2.83. The molecule has 92 valence electrons. The first-order valence-electron chi connectivity index (χ1n) is 5.33. The number of nitrogens with two attached hydrogens (primary N) is 1. The molecule has 1 atom stereocenters. The summed E-state index contributed by atoms with van der Waals surface area (Å²) >= 11 is 2.80. The molecule has 1 heterocycles. The van der Waals surface area contributed by atoms with Gasteiger partial charge in [-0.05, 0) is 24.0 Å². The number of thioether (sulfide) groups is 1. The number of aromatic nitrogens is 2. The van der Waals surface area contributed by atoms with Crippen LogP contribution in [0.2, 0.25) is 0 Å². The molecule has 6 heteroatoms. The number of hydrogen-bond donors (Lipinski definition) is 1. The van der Waals surface area contributed by atoms with Gasteiger partial charge in [0, 0.05) is 5.75 Å². The van der Waals surface area contributed by atoms with Crippen LogP contribution in [0.4, 0.5) is 0 Å². The summed E-state index contributed by atoms with van der Waals surface area (Å²) in [6.45, 7) is 1.84. The third kappa shape index (κ3) is 2.88. The van der Waals surface area contributed by atoms with Crippen LogP contribution in [0.1, 0.15) is 11.4 Å². The van der Waals surface area contributed by atoms with Crippen molar-refractivity contribution in [1.29, 1.82) is 5.26 Å². The molecule has 1 unspecified atom stereocenters. The molecule has 0 saturated carbocycles. The normalized spacial score (nSPS) is 13.8. The molecular weight excluding hydrogens is 264 g/mol. The fourth-order valence-corrected chi connectivity index (χ4v) is 3.13. The summed E-state index contributed by atoms with van der Waals surface area (Å²) in [6.07, 6.45) is 0. The fraction of sp³-hybridized carbons (Fsp3) is 0.250. The minimum Gasteiger partial charge on any atom is -0.309 e. The molecule has 1 aromatic heterocycles. The van der Waals surface area contributed by atoms with Crippen LogP contribution in [0, 0.1) is 18.3 Å². The number of hydrogen-bond acceptors (Lipinski definition) is 6. The zero-order chi connectivity index (χ0) is 13.0. The monoisotopic (exact) mass is 276 g/mol. The first-order chi connectivity index (χ1) is 8.64. The van der Waals surface area contributed by atoms with Crippen molar-refractivity contribution in [2.45, 2.75) is 16.8 Å². The molecule has 2 aromatic rings. The summed E-state index contributed by atoms with van der Waals surface area (Å²) in [5.74, 6) is 1.21. The van der Waals surface area contributed by atoms with Gasteiger partial charge in [0.1, 0.15) is 11.4 Å². The Morgan fingerprint density at radius 3 is 2.72 bits per heavy atom. The summed E-state index contributed by atoms with van der Waals surface area (Å²) in [7, 11) is 0. The van der Waals surface area contributed by atoms with E-state index in [0.717, 1.165) is 15.7 Å². The average molecular weight is 276 g/mol. The van der Waals surface area contributed by atoms with Crippen molar-refractivity contribution in [3.63, 3.8) is 0 Å². The molecule has 2 rings (SSSR count). The lowest BCUT2D eigenvalue weighted by Crippen LogP contribution is -2.37. The van der Waals surface area contributed by atoms with Gasteiger partial charge in [0.15, 0.2) is 4.34 Å². The molecule has 1 aromatic carbocycles. The Labute approximate surface area is 114 Å². The predicted octanol–water partition coefficient (Wildman–Crippen LogP) is 2.32. The van der Waals surface area contributed by atoms with E-state index in [9.17, 15) is 5.26 Å². The van der Waals surface area contributed by atoms with E-state index >= 15 is 0 Å². The molecule has 0 fully saturated rings. The molecule has 0 bridgehead atoms. The van der Waals surface area contributed by atoms with E-state index in [1.165, 1.54) is 23.3 Å². The standard InChI is InChI=1S/C12H12N4S2/c1-9-15-11(18-16-9)17-8-12(14,7-13)10-5-3-2-4-6-10/h2-6H,8,14H2,1H3. The lowest BCUT2D eigenvalue weighted by atomic mass is 9.95. The van der Waals surface area contributed by atoms with Gasteiger partial charge in [0.25, 0.3) is 0 Å². The molecule has 0 spiro atoms. The number of aryl methyl sites for hydroxylation is 1. The molecule has 4 nitrogen and oxygen atoms in total. The second kappa shape index (κ2) is 5.48. The zero-order valence-electron chi connectivity index (χ0n) is 9.83. The molecule has 18 heavy (non-hydrogen) atoms. The van der Waals surface area contributed by atoms with Gasteiger partial charge in [-0.3, -0.25) is 0 Å². The van der Waals surface area contributed by atoms with Crippen molar-refractivity contribution in [1.82, 2.24) is 9.36 Å². The third-order valence-electron chi connectivity index (χ3n) is 2.42. The summed E-state index contributed by atoms with van der Waals surface area (Å²) in [4.78, 5) is 4.25. The van der Waals surface area contributed by atoms with Crippen LogP contribution in [-0.4, -0.2) is 15.1 Å². The summed E-state index contributed by atoms with van der Waals surface area (Å²) < 4.78 is 4.94. The van der Waals surface area contributed by atoms with Gasteiger partial charge >= 0.3 is 0 Å². The van der Waals surface area contributed by atoms with Gasteiger partial charge in [-0.15, -0.1) is 0 Å². The fourth-order valence-electron chi connectivity index (χ4n) is 1.43. The molecule has 0 radical (unpaired) electrons. The molecule has 2 N–H and O–H groups in total. The van der Waals surface area contributed by atoms with E-state index < -0.39 is 5.54 Å². The quantitative estimate of drug-likeness (QED) is 0.867. The maximum Gasteiger partial charge on any atom is 0.170 e. The van der Waals surface area contributed by atoms with E-state index in [0.29, 0.717) is 5.75 Å². The van der Waals surface area contributed by atoms with Crippen molar-refractivity contribution in [2.24, 2.45) is 5.73 Å². The minimum atomic E-state index is -0.995. The second-order valence-corrected chi connectivity index (χ2v) is 5.82. The van der Waals surface area contributed by atoms with Gasteiger partial charge in [0.05, 0.1) is 6.07 Å². The van der Waals surface area contributed by atoms with Crippen molar-refractivity contribution >= 4 is 23.3 Å². The molecule has 0 saturated heterocycles. The highest BCUT2D eigenvalue weighted by atomic mass is 32.2. The number of rotatable bonds is 4. The Bertz CT molecular complexity index is 561. The Morgan fingerprint density at radius 2 is 2.17 bits per heavy atom. The maximum absolute atomic E-state index is 9.30. The largest absolute Gasteiger partial charge is 0.309 e. The van der Waals surface area contributed by atoms with Gasteiger partial charge in [0.2, 0.25) is 0 Å². The van der Waals surface area contributed by atoms with Crippen molar-refractivity contribution in [2.75, 3.05) is 5.75 Å². The van der Waals surface area contributed by atoms with Crippen LogP contribution in [0.3, 0.4) is 0 Å². The SMILES string of the molecule is Cc1nsc(SCC(N)(C#N)c2ccccc2)n1. The van der Waals surface area contributed by atoms with Gasteiger partial charge < -0.3 is 5.73 Å². The van der Waals surface area contributed by atoms with Gasteiger partial charge in [-0.25, -0.2) is 4.98 Å². The summed E-state index contributed by atoms with van der Waals surface area (Å²) in [5.41, 5.74) is 5.97. The Hall–Kier alpha value is -1.42.